The van der Waals surface area contributed by atoms with Crippen LogP contribution in [-0.2, 0) is 11.0 Å². The molecular formula is C27H27F7N6O3. The van der Waals surface area contributed by atoms with E-state index in [1.165, 1.54) is 10.6 Å². The zero-order valence-electron chi connectivity index (χ0n) is 22.5. The Bertz CT molecular complexity index is 1520. The number of hydrogen-bond donors (Lipinski definition) is 2. The molecule has 3 aliphatic rings. The van der Waals surface area contributed by atoms with E-state index in [4.69, 9.17) is 0 Å². The van der Waals surface area contributed by atoms with Gasteiger partial charge in [-0.15, -0.1) is 0 Å². The van der Waals surface area contributed by atoms with Gasteiger partial charge in [0, 0.05) is 44.0 Å². The van der Waals surface area contributed by atoms with Crippen LogP contribution < -0.4 is 10.6 Å². The van der Waals surface area contributed by atoms with E-state index in [1.54, 1.807) is 12.3 Å². The fourth-order valence-electron chi connectivity index (χ4n) is 5.69. The second-order valence-electron chi connectivity index (χ2n) is 11.7. The first-order valence-electron chi connectivity index (χ1n) is 13.9. The molecule has 2 amide bonds. The molecule has 0 aromatic carbocycles. The van der Waals surface area contributed by atoms with E-state index in [1.807, 2.05) is 0 Å². The molecule has 3 atom stereocenters. The normalized spacial score (nSPS) is 23.1. The Morgan fingerprint density at radius 2 is 1.63 bits per heavy atom. The van der Waals surface area contributed by atoms with Crippen LogP contribution in [0.3, 0.4) is 0 Å². The molecule has 2 N–H and O–H groups in total. The van der Waals surface area contributed by atoms with Crippen molar-refractivity contribution in [3.05, 3.63) is 47.4 Å². The summed E-state index contributed by atoms with van der Waals surface area (Å²) in [6.45, 7) is 0. The smallest absolute Gasteiger partial charge is 0.363 e. The van der Waals surface area contributed by atoms with Gasteiger partial charge < -0.3 is 15.2 Å². The summed E-state index contributed by atoms with van der Waals surface area (Å²) in [4.78, 5) is 34.5. The van der Waals surface area contributed by atoms with Gasteiger partial charge >= 0.3 is 6.18 Å². The second kappa shape index (κ2) is 10.5. The van der Waals surface area contributed by atoms with E-state index in [2.05, 4.69) is 30.3 Å². The van der Waals surface area contributed by atoms with Crippen molar-refractivity contribution in [2.24, 2.45) is 17.8 Å². The molecule has 3 saturated carbocycles. The third-order valence-corrected chi connectivity index (χ3v) is 8.40. The van der Waals surface area contributed by atoms with Crippen LogP contribution in [0.5, 0.6) is 0 Å². The van der Waals surface area contributed by atoms with Gasteiger partial charge in [-0.3, -0.25) is 14.0 Å². The van der Waals surface area contributed by atoms with Crippen molar-refractivity contribution in [3.8, 4) is 0 Å². The number of amides is 2. The van der Waals surface area contributed by atoms with Gasteiger partial charge in [0.2, 0.25) is 17.6 Å². The zero-order valence-corrected chi connectivity index (χ0v) is 22.5. The minimum Gasteiger partial charge on any atom is -0.363 e. The van der Waals surface area contributed by atoms with Crippen molar-refractivity contribution in [3.63, 3.8) is 0 Å². The van der Waals surface area contributed by atoms with Crippen molar-refractivity contribution in [2.75, 3.05) is 0 Å². The predicted molar refractivity (Wildman–Crippen MR) is 133 cm³/mol. The quantitative estimate of drug-likeness (QED) is 0.301. The highest BCUT2D eigenvalue weighted by Gasteiger charge is 2.57. The highest BCUT2D eigenvalue weighted by molar-refractivity contribution is 5.95. The molecule has 43 heavy (non-hydrogen) atoms. The first-order chi connectivity index (χ1) is 20.2. The molecule has 3 aromatic rings. The maximum Gasteiger partial charge on any atom is 0.437 e. The number of imidazole rings is 1. The van der Waals surface area contributed by atoms with Crippen LogP contribution in [0.2, 0.25) is 0 Å². The predicted octanol–water partition coefficient (Wildman–Crippen LogP) is 5.65. The van der Waals surface area contributed by atoms with Crippen LogP contribution in [0, 0.1) is 17.8 Å². The minimum absolute atomic E-state index is 0.0178. The number of fused-ring (bicyclic) bond motifs is 1. The SMILES string of the molecule is O=C(C[C@H]1CC1(F)F)N[C@@H](c1ccn2cc([C@@H](NC(=O)c3conc3C(F)(F)F)C3CCC(F)(F)CC3)nc2n1)C1CC1. The molecule has 0 aliphatic heterocycles. The Hall–Kier alpha value is -3.72. The van der Waals surface area contributed by atoms with Gasteiger partial charge in [0.1, 0.15) is 11.8 Å². The van der Waals surface area contributed by atoms with Gasteiger partial charge in [-0.1, -0.05) is 5.16 Å². The average Bonchev–Trinajstić information content (AvgIpc) is 3.71. The Morgan fingerprint density at radius 3 is 2.26 bits per heavy atom. The Kier molecular flexibility index (Phi) is 7.15. The number of carbonyl (C=O) groups is 2. The van der Waals surface area contributed by atoms with Crippen LogP contribution >= 0.6 is 0 Å². The molecule has 6 rings (SSSR count). The molecule has 0 bridgehead atoms. The third-order valence-electron chi connectivity index (χ3n) is 8.40. The first kappa shape index (κ1) is 29.4. The molecule has 0 saturated heterocycles. The number of rotatable bonds is 9. The highest BCUT2D eigenvalue weighted by Crippen LogP contribution is 2.51. The number of alkyl halides is 7. The summed E-state index contributed by atoms with van der Waals surface area (Å²) in [5.41, 5.74) is -1.73. The average molecular weight is 617 g/mol. The Morgan fingerprint density at radius 1 is 1.00 bits per heavy atom. The summed E-state index contributed by atoms with van der Waals surface area (Å²) < 4.78 is 100. The van der Waals surface area contributed by atoms with Gasteiger partial charge in [-0.25, -0.2) is 27.5 Å². The molecule has 0 radical (unpaired) electrons. The molecule has 3 fully saturated rings. The molecule has 9 nitrogen and oxygen atoms in total. The summed E-state index contributed by atoms with van der Waals surface area (Å²) in [6.07, 6.45) is -1.25. The van der Waals surface area contributed by atoms with Gasteiger partial charge in [-0.2, -0.15) is 13.2 Å². The Balaban J connectivity index is 1.26. The van der Waals surface area contributed by atoms with Crippen LogP contribution in [0.1, 0.15) is 90.9 Å². The van der Waals surface area contributed by atoms with Gasteiger partial charge in [0.25, 0.3) is 11.8 Å². The first-order valence-corrected chi connectivity index (χ1v) is 13.9. The largest absolute Gasteiger partial charge is 0.437 e. The van der Waals surface area contributed by atoms with Gasteiger partial charge in [-0.05, 0) is 43.6 Å². The lowest BCUT2D eigenvalue weighted by atomic mass is 9.81. The van der Waals surface area contributed by atoms with Crippen molar-refractivity contribution in [1.29, 1.82) is 0 Å². The minimum atomic E-state index is -4.96. The number of hydrogen-bond acceptors (Lipinski definition) is 6. The van der Waals surface area contributed by atoms with E-state index in [9.17, 15) is 40.3 Å². The zero-order chi connectivity index (χ0) is 30.7. The summed E-state index contributed by atoms with van der Waals surface area (Å²) in [5, 5.41) is 8.22. The standard InChI is InChI=1S/C27H27F7N6O3/c28-25(29)6-3-14(4-7-25)21(38-23(42)16-12-43-39-22(16)27(32,33)34)18-11-40-8-5-17(35-24(40)36-18)20(13-1-2-13)37-19(41)9-15-10-26(15,30)31/h5,8,11-15,20-21H,1-4,6-7,9-10H2,(H,37,41)(H,38,42)/t15-,20+,21-/m0/s1. The van der Waals surface area contributed by atoms with E-state index in [0.29, 0.717) is 12.0 Å². The van der Waals surface area contributed by atoms with Gasteiger partial charge in [0.05, 0.1) is 23.5 Å². The lowest BCUT2D eigenvalue weighted by Gasteiger charge is -2.33. The van der Waals surface area contributed by atoms with E-state index in [0.717, 1.165) is 12.8 Å². The molecule has 0 unspecified atom stereocenters. The molecule has 3 aliphatic carbocycles. The monoisotopic (exact) mass is 616 g/mol. The van der Waals surface area contributed by atoms with E-state index >= 15 is 0 Å². The van der Waals surface area contributed by atoms with Crippen LogP contribution in [0.4, 0.5) is 30.7 Å². The summed E-state index contributed by atoms with van der Waals surface area (Å²) in [7, 11) is 0. The highest BCUT2D eigenvalue weighted by atomic mass is 19.4. The second-order valence-corrected chi connectivity index (χ2v) is 11.7. The Labute approximate surface area is 239 Å². The lowest BCUT2D eigenvalue weighted by molar-refractivity contribution is -0.143. The van der Waals surface area contributed by atoms with E-state index in [-0.39, 0.29) is 43.1 Å². The molecule has 3 aromatic heterocycles. The molecule has 16 heteroatoms. The van der Waals surface area contributed by atoms with Crippen molar-refractivity contribution in [1.82, 2.24) is 30.2 Å². The van der Waals surface area contributed by atoms with Crippen LogP contribution in [0.25, 0.3) is 5.78 Å². The topological polar surface area (TPSA) is 114 Å². The van der Waals surface area contributed by atoms with Crippen LogP contribution in [-0.4, -0.2) is 43.2 Å². The number of halogens is 7. The van der Waals surface area contributed by atoms with Crippen molar-refractivity contribution in [2.45, 2.75) is 81.5 Å². The fraction of sp³-hybridized carbons (Fsp3) is 0.593. The molecule has 3 heterocycles. The third kappa shape index (κ3) is 6.32. The van der Waals surface area contributed by atoms with E-state index < -0.39 is 77.9 Å². The number of aromatic nitrogens is 4. The van der Waals surface area contributed by atoms with Gasteiger partial charge in [0.15, 0.2) is 5.69 Å². The summed E-state index contributed by atoms with van der Waals surface area (Å²) >= 11 is 0. The van der Waals surface area contributed by atoms with Crippen molar-refractivity contribution >= 4 is 17.6 Å². The number of carbonyl (C=O) groups excluding carboxylic acids is 2. The lowest BCUT2D eigenvalue weighted by Crippen LogP contribution is -2.37. The molecule has 0 spiro atoms. The summed E-state index contributed by atoms with van der Waals surface area (Å²) in [6, 6.07) is 0.0638. The fourth-order valence-corrected chi connectivity index (χ4v) is 5.69. The maximum absolute atomic E-state index is 13.9. The summed E-state index contributed by atoms with van der Waals surface area (Å²) in [5.74, 6) is -8.71. The molecule has 232 valence electrons. The molecular weight excluding hydrogens is 589 g/mol. The van der Waals surface area contributed by atoms with Crippen molar-refractivity contribution < 1.29 is 44.8 Å². The van der Waals surface area contributed by atoms with Crippen LogP contribution in [0.15, 0.2) is 29.2 Å². The maximum atomic E-state index is 13.9. The number of nitrogens with one attached hydrogen (secondary N) is 2. The number of nitrogens with zero attached hydrogens (tertiary/aromatic N) is 4.